The Morgan fingerprint density at radius 3 is 2.41 bits per heavy atom. The van der Waals surface area contributed by atoms with Crippen LogP contribution in [-0.4, -0.2) is 40.4 Å². The number of nitrogens with one attached hydrogen (secondary N) is 1. The topological polar surface area (TPSA) is 84.9 Å². The summed E-state index contributed by atoms with van der Waals surface area (Å²) in [4.78, 5) is 0.0508. The van der Waals surface area contributed by atoms with Crippen LogP contribution in [0, 0.1) is 5.92 Å². The standard InChI is InChI=1S/C20H25NO5S/c1-25-18-9-5-6-10-19(18)27(23,24)21-15-20(22,16-7-3-2-4-8-16)17-11-13-26-14-12-17/h2-10,17,21-22H,11-15H2,1H3/t20-/m1/s1. The van der Waals surface area contributed by atoms with Gasteiger partial charge in [0.05, 0.1) is 7.11 Å². The molecule has 1 aliphatic rings. The van der Waals surface area contributed by atoms with Gasteiger partial charge in [0.15, 0.2) is 0 Å². The predicted molar refractivity (Wildman–Crippen MR) is 102 cm³/mol. The van der Waals surface area contributed by atoms with Crippen LogP contribution in [0.1, 0.15) is 18.4 Å². The molecule has 1 saturated heterocycles. The average Bonchev–Trinajstić information content (AvgIpc) is 2.73. The Morgan fingerprint density at radius 2 is 1.74 bits per heavy atom. The van der Waals surface area contributed by atoms with E-state index in [1.54, 1.807) is 18.2 Å². The van der Waals surface area contributed by atoms with Crippen LogP contribution in [0.4, 0.5) is 0 Å². The van der Waals surface area contributed by atoms with Gasteiger partial charge >= 0.3 is 0 Å². The molecule has 0 aromatic heterocycles. The SMILES string of the molecule is COc1ccccc1S(=O)(=O)NC[C@@](O)(c1ccccc1)C1CCOCC1. The highest BCUT2D eigenvalue weighted by molar-refractivity contribution is 7.89. The summed E-state index contributed by atoms with van der Waals surface area (Å²) in [7, 11) is -2.42. The molecule has 3 rings (SSSR count). The van der Waals surface area contributed by atoms with Crippen molar-refractivity contribution in [1.29, 1.82) is 0 Å². The van der Waals surface area contributed by atoms with E-state index in [1.807, 2.05) is 30.3 Å². The van der Waals surface area contributed by atoms with Crippen molar-refractivity contribution < 1.29 is 23.0 Å². The Balaban J connectivity index is 1.88. The minimum absolute atomic E-state index is 0.0508. The zero-order valence-electron chi connectivity index (χ0n) is 15.3. The molecule has 0 amide bonds. The summed E-state index contributed by atoms with van der Waals surface area (Å²) in [6, 6.07) is 15.6. The summed E-state index contributed by atoms with van der Waals surface area (Å²) in [6.07, 6.45) is 1.34. The van der Waals surface area contributed by atoms with Crippen molar-refractivity contribution in [2.24, 2.45) is 5.92 Å². The number of hydrogen-bond donors (Lipinski definition) is 2. The van der Waals surface area contributed by atoms with Gasteiger partial charge in [0, 0.05) is 19.8 Å². The minimum atomic E-state index is -3.85. The lowest BCUT2D eigenvalue weighted by Gasteiger charge is -2.39. The summed E-state index contributed by atoms with van der Waals surface area (Å²) >= 11 is 0. The highest BCUT2D eigenvalue weighted by Gasteiger charge is 2.40. The maximum Gasteiger partial charge on any atom is 0.244 e. The van der Waals surface area contributed by atoms with Gasteiger partial charge in [-0.1, -0.05) is 42.5 Å². The fourth-order valence-corrected chi connectivity index (χ4v) is 4.75. The van der Waals surface area contributed by atoms with E-state index in [1.165, 1.54) is 13.2 Å². The van der Waals surface area contributed by atoms with Crippen molar-refractivity contribution >= 4 is 10.0 Å². The van der Waals surface area contributed by atoms with Crippen LogP contribution in [0.3, 0.4) is 0 Å². The van der Waals surface area contributed by atoms with Crippen LogP contribution < -0.4 is 9.46 Å². The zero-order chi connectivity index (χ0) is 19.3. The van der Waals surface area contributed by atoms with E-state index in [-0.39, 0.29) is 23.1 Å². The van der Waals surface area contributed by atoms with Gasteiger partial charge in [0.2, 0.25) is 10.0 Å². The number of sulfonamides is 1. The van der Waals surface area contributed by atoms with Gasteiger partial charge in [-0.15, -0.1) is 0 Å². The second kappa shape index (κ2) is 8.39. The molecule has 146 valence electrons. The molecule has 2 aromatic rings. The maximum absolute atomic E-state index is 12.8. The number of hydrogen-bond acceptors (Lipinski definition) is 5. The Labute approximate surface area is 160 Å². The van der Waals surface area contributed by atoms with Crippen LogP contribution in [0.25, 0.3) is 0 Å². The van der Waals surface area contributed by atoms with Crippen molar-refractivity contribution in [2.75, 3.05) is 26.9 Å². The van der Waals surface area contributed by atoms with Gasteiger partial charge in [0.25, 0.3) is 0 Å². The Bertz CT molecular complexity index is 850. The zero-order valence-corrected chi connectivity index (χ0v) is 16.1. The molecule has 1 heterocycles. The molecule has 2 aromatic carbocycles. The normalized spacial score (nSPS) is 18.0. The largest absolute Gasteiger partial charge is 0.495 e. The third-order valence-electron chi connectivity index (χ3n) is 5.06. The van der Waals surface area contributed by atoms with Gasteiger partial charge in [-0.25, -0.2) is 13.1 Å². The molecule has 0 radical (unpaired) electrons. The van der Waals surface area contributed by atoms with Gasteiger partial charge < -0.3 is 14.6 Å². The van der Waals surface area contributed by atoms with Crippen LogP contribution in [0.15, 0.2) is 59.5 Å². The highest BCUT2D eigenvalue weighted by atomic mass is 32.2. The van der Waals surface area contributed by atoms with E-state index in [2.05, 4.69) is 4.72 Å². The molecule has 1 aliphatic heterocycles. The van der Waals surface area contributed by atoms with E-state index in [4.69, 9.17) is 9.47 Å². The molecule has 6 nitrogen and oxygen atoms in total. The van der Waals surface area contributed by atoms with Gasteiger partial charge in [-0.3, -0.25) is 0 Å². The number of ether oxygens (including phenoxy) is 2. The number of methoxy groups -OCH3 is 1. The van der Waals surface area contributed by atoms with Crippen LogP contribution in [0.5, 0.6) is 5.75 Å². The lowest BCUT2D eigenvalue weighted by atomic mass is 9.77. The second-order valence-electron chi connectivity index (χ2n) is 6.65. The third-order valence-corrected chi connectivity index (χ3v) is 6.50. The van der Waals surface area contributed by atoms with Crippen molar-refractivity contribution in [1.82, 2.24) is 4.72 Å². The molecule has 7 heteroatoms. The van der Waals surface area contributed by atoms with E-state index in [0.29, 0.717) is 31.6 Å². The predicted octanol–water partition coefficient (Wildman–Crippen LogP) is 2.29. The molecule has 27 heavy (non-hydrogen) atoms. The molecule has 0 saturated carbocycles. The first-order valence-electron chi connectivity index (χ1n) is 8.96. The molecule has 1 fully saturated rings. The number of aliphatic hydroxyl groups is 1. The molecular weight excluding hydrogens is 366 g/mol. The molecule has 0 spiro atoms. The van der Waals surface area contributed by atoms with Crippen molar-refractivity contribution in [3.63, 3.8) is 0 Å². The lowest BCUT2D eigenvalue weighted by Crippen LogP contribution is -2.47. The monoisotopic (exact) mass is 391 g/mol. The van der Waals surface area contributed by atoms with Crippen molar-refractivity contribution in [2.45, 2.75) is 23.3 Å². The first-order chi connectivity index (χ1) is 13.0. The second-order valence-corrected chi connectivity index (χ2v) is 8.39. The van der Waals surface area contributed by atoms with Crippen LogP contribution >= 0.6 is 0 Å². The molecule has 0 aliphatic carbocycles. The van der Waals surface area contributed by atoms with Crippen LogP contribution in [-0.2, 0) is 20.4 Å². The first-order valence-corrected chi connectivity index (χ1v) is 10.4. The van der Waals surface area contributed by atoms with E-state index < -0.39 is 15.6 Å². The number of para-hydroxylation sites is 1. The summed E-state index contributed by atoms with van der Waals surface area (Å²) in [5.74, 6) is 0.160. The molecule has 2 N–H and O–H groups in total. The summed E-state index contributed by atoms with van der Waals surface area (Å²) in [5.41, 5.74) is -0.625. The van der Waals surface area contributed by atoms with Gasteiger partial charge in [0.1, 0.15) is 16.2 Å². The first kappa shape index (κ1) is 19.8. The Morgan fingerprint density at radius 1 is 1.11 bits per heavy atom. The summed E-state index contributed by atoms with van der Waals surface area (Å²) in [5, 5.41) is 11.5. The van der Waals surface area contributed by atoms with E-state index in [9.17, 15) is 13.5 Å². The Kier molecular flexibility index (Phi) is 6.16. The fraction of sp³-hybridized carbons (Fsp3) is 0.400. The van der Waals surface area contributed by atoms with Crippen LogP contribution in [0.2, 0.25) is 0 Å². The minimum Gasteiger partial charge on any atom is -0.495 e. The number of benzene rings is 2. The molecule has 0 unspecified atom stereocenters. The summed E-state index contributed by atoms with van der Waals surface area (Å²) < 4.78 is 38.9. The van der Waals surface area contributed by atoms with Crippen molar-refractivity contribution in [3.8, 4) is 5.75 Å². The summed E-state index contributed by atoms with van der Waals surface area (Å²) in [6.45, 7) is 0.986. The van der Waals surface area contributed by atoms with E-state index >= 15 is 0 Å². The van der Waals surface area contributed by atoms with Crippen molar-refractivity contribution in [3.05, 3.63) is 60.2 Å². The highest BCUT2D eigenvalue weighted by Crippen LogP contribution is 2.36. The molecule has 0 bridgehead atoms. The Hall–Kier alpha value is -1.93. The molecular formula is C20H25NO5S. The smallest absolute Gasteiger partial charge is 0.244 e. The lowest BCUT2D eigenvalue weighted by molar-refractivity contribution is -0.0663. The fourth-order valence-electron chi connectivity index (χ4n) is 3.51. The maximum atomic E-state index is 12.8. The molecule has 1 atom stereocenters. The van der Waals surface area contributed by atoms with Gasteiger partial charge in [-0.2, -0.15) is 0 Å². The van der Waals surface area contributed by atoms with E-state index in [0.717, 1.165) is 0 Å². The third kappa shape index (κ3) is 4.32. The van der Waals surface area contributed by atoms with Gasteiger partial charge in [-0.05, 0) is 36.5 Å². The number of rotatable bonds is 7. The average molecular weight is 391 g/mol. The quantitative estimate of drug-likeness (QED) is 0.756.